The summed E-state index contributed by atoms with van der Waals surface area (Å²) in [5.41, 5.74) is 1.63. The van der Waals surface area contributed by atoms with Gasteiger partial charge in [-0.1, -0.05) is 132 Å². The average molecular weight is 1190 g/mol. The number of aliphatic hydroxyl groups excluding tert-OH is 2. The molecule has 1 saturated carbocycles. The van der Waals surface area contributed by atoms with Crippen LogP contribution in [0, 0.1) is 46.8 Å². The molecule has 2 bridgehead atoms. The molecule has 472 valence electrons. The molecule has 0 spiro atoms. The fraction of sp³-hybridized carbons (Fsp3) is 0.623. The molecule has 17 heteroatoms. The van der Waals surface area contributed by atoms with Crippen molar-refractivity contribution in [3.05, 3.63) is 119 Å². The summed E-state index contributed by atoms with van der Waals surface area (Å²) < 4.78 is 43.9. The Bertz CT molecular complexity index is 2710. The average Bonchev–Trinajstić information content (AvgIpc) is 0.886. The number of nitrogens with zero attached hydrogens (tertiary/aromatic N) is 1. The number of ketones is 3. The molecule has 1 amide bonds. The number of esters is 2. The molecule has 3 saturated heterocycles. The van der Waals surface area contributed by atoms with E-state index in [0.29, 0.717) is 63.4 Å². The first kappa shape index (κ1) is 68.0. The summed E-state index contributed by atoms with van der Waals surface area (Å²) in [5, 5.41) is 34.2. The van der Waals surface area contributed by atoms with E-state index in [9.17, 15) is 44.1 Å². The predicted octanol–water partition coefficient (Wildman–Crippen LogP) is 9.28. The van der Waals surface area contributed by atoms with E-state index < -0.39 is 119 Å². The van der Waals surface area contributed by atoms with Crippen LogP contribution in [0.5, 0.6) is 0 Å². The summed E-state index contributed by atoms with van der Waals surface area (Å²) >= 11 is 0. The molecule has 4 aliphatic heterocycles. The van der Waals surface area contributed by atoms with E-state index >= 15 is 0 Å². The van der Waals surface area contributed by atoms with Gasteiger partial charge in [-0.05, 0) is 114 Å². The molecule has 0 radical (unpaired) electrons. The lowest BCUT2D eigenvalue weighted by molar-refractivity contribution is -0.288. The number of cyclic esters (lactones) is 1. The highest BCUT2D eigenvalue weighted by molar-refractivity contribution is 6.39. The third-order valence-electron chi connectivity index (χ3n) is 18.8. The first-order chi connectivity index (χ1) is 41.0. The van der Waals surface area contributed by atoms with Crippen LogP contribution >= 0.6 is 0 Å². The van der Waals surface area contributed by atoms with Crippen LogP contribution in [0.2, 0.25) is 0 Å². The van der Waals surface area contributed by atoms with E-state index in [-0.39, 0.29) is 62.4 Å². The Kier molecular flexibility index (Phi) is 24.2. The molecule has 2 aromatic rings. The third-order valence-corrected chi connectivity index (χ3v) is 18.8. The van der Waals surface area contributed by atoms with E-state index in [0.717, 1.165) is 16.7 Å². The molecular weight excluding hydrogens is 1100 g/mol. The molecule has 17 nitrogen and oxygen atoms in total. The summed E-state index contributed by atoms with van der Waals surface area (Å²) in [6.07, 6.45) is 11.0. The zero-order chi connectivity index (χ0) is 62.5. The highest BCUT2D eigenvalue weighted by atomic mass is 16.7. The van der Waals surface area contributed by atoms with E-state index in [1.807, 2.05) is 112 Å². The number of benzene rings is 2. The van der Waals surface area contributed by atoms with Crippen LogP contribution in [0.1, 0.15) is 144 Å². The first-order valence-corrected chi connectivity index (χ1v) is 31.2. The number of amides is 1. The zero-order valence-corrected chi connectivity index (χ0v) is 52.2. The lowest BCUT2D eigenvalue weighted by Gasteiger charge is -2.45. The van der Waals surface area contributed by atoms with Crippen molar-refractivity contribution < 1.29 is 77.2 Å². The number of carbonyl (C=O) groups excluding carboxylic acids is 6. The van der Waals surface area contributed by atoms with Gasteiger partial charge in [-0.15, -0.1) is 0 Å². The maximum Gasteiger partial charge on any atom is 0.329 e. The van der Waals surface area contributed by atoms with Crippen molar-refractivity contribution in [3.8, 4) is 0 Å². The Labute approximate surface area is 508 Å². The SMILES string of the molecule is CO[C@H]1C[C@@H]2CC[C@@H](C)[C@@](O)(O2)C(=O)C(=O)N2CCCC[C@H]2C(=O)O[C@H]([C@H](C)C[C@@H]2CC[C@@H](OC(=O)C3(C)COC(c4ccccc4)(c4ccccc4)OC3)[C@H](OC)C2)CC(=O)[C@H](C)/C=C(\C)[C@@H](O)[C@@H](CO)C(=O)[C@H](C)C[C@H](C)/C=C/C=CC=C1C. The number of piperidine rings is 1. The van der Waals surface area contributed by atoms with Crippen molar-refractivity contribution in [1.82, 2.24) is 4.90 Å². The van der Waals surface area contributed by atoms with Crippen LogP contribution in [-0.4, -0.2) is 144 Å². The second-order valence-corrected chi connectivity index (χ2v) is 25.6. The van der Waals surface area contributed by atoms with Crippen molar-refractivity contribution in [3.63, 3.8) is 0 Å². The van der Waals surface area contributed by atoms with Gasteiger partial charge in [0.1, 0.15) is 35.2 Å². The zero-order valence-electron chi connectivity index (χ0n) is 52.2. The Hall–Kier alpha value is -5.50. The Balaban J connectivity index is 1.11. The summed E-state index contributed by atoms with van der Waals surface area (Å²) in [4.78, 5) is 87.5. The summed E-state index contributed by atoms with van der Waals surface area (Å²) in [5.74, 6) is -11.6. The number of hydrogen-bond acceptors (Lipinski definition) is 16. The topological polar surface area (TPSA) is 231 Å². The standard InChI is InChI=1S/C69H95NO16/c1-43-22-14-11-15-23-44(2)58(80-9)38-53-31-29-49(7)68(79,86-53)63(75)64(76)70-33-21-20-28-55(70)65(77)84-59(39-56(72)45(3)35-48(6)62(74)54(40-71)61(73)47(5)34-43)46(4)36-50-30-32-57(60(37-50)81-10)85-66(78)67(8)41-82-69(83-42-67,51-24-16-12-17-25-51)52-26-18-13-19-27-52/h11-19,22-27,35,43,45-47,49-50,53-55,57-60,62,71,74,79H,20-21,28-34,36-42H2,1-10H3/b15-11?,22-14+,44-23?,48-35+/t43-,45-,46-,47-,49-,50+,53+,54+,55+,57-,58+,59+,60-,62-,68-/m1/s1. The van der Waals surface area contributed by atoms with Crippen LogP contribution in [0.3, 0.4) is 0 Å². The number of hydrogen-bond donors (Lipinski definition) is 3. The van der Waals surface area contributed by atoms with Crippen LogP contribution < -0.4 is 0 Å². The highest BCUT2D eigenvalue weighted by Gasteiger charge is 2.54. The fourth-order valence-corrected chi connectivity index (χ4v) is 13.2. The predicted molar refractivity (Wildman–Crippen MR) is 322 cm³/mol. The number of ether oxygens (including phenoxy) is 7. The molecule has 5 aliphatic rings. The van der Waals surface area contributed by atoms with Crippen molar-refractivity contribution >= 4 is 35.2 Å². The molecule has 2 aromatic carbocycles. The molecule has 15 atom stereocenters. The third kappa shape index (κ3) is 16.2. The van der Waals surface area contributed by atoms with Gasteiger partial charge in [0.25, 0.3) is 11.7 Å². The number of carbonyl (C=O) groups is 6. The number of aliphatic hydroxyl groups is 3. The lowest BCUT2D eigenvalue weighted by Crippen LogP contribution is -2.61. The molecule has 4 fully saturated rings. The van der Waals surface area contributed by atoms with Crippen molar-refractivity contribution in [2.24, 2.45) is 46.8 Å². The van der Waals surface area contributed by atoms with Gasteiger partial charge in [-0.25, -0.2) is 4.79 Å². The summed E-state index contributed by atoms with van der Waals surface area (Å²) in [6.45, 7) is 13.8. The van der Waals surface area contributed by atoms with Gasteiger partial charge in [0.05, 0.1) is 50.2 Å². The Morgan fingerprint density at radius 1 is 0.791 bits per heavy atom. The van der Waals surface area contributed by atoms with Crippen LogP contribution in [0.25, 0.3) is 0 Å². The van der Waals surface area contributed by atoms with Crippen molar-refractivity contribution in [2.75, 3.05) is 40.6 Å². The summed E-state index contributed by atoms with van der Waals surface area (Å²) in [6, 6.07) is 18.0. The van der Waals surface area contributed by atoms with Gasteiger partial charge in [-0.3, -0.25) is 24.0 Å². The first-order valence-electron chi connectivity index (χ1n) is 31.2. The number of methoxy groups -OCH3 is 2. The monoisotopic (exact) mass is 1190 g/mol. The minimum atomic E-state index is -2.48. The minimum absolute atomic E-state index is 0.0263. The van der Waals surface area contributed by atoms with Gasteiger partial charge in [-0.2, -0.15) is 0 Å². The maximum absolute atomic E-state index is 14.8. The maximum atomic E-state index is 14.8. The number of Topliss-reactive ketones (excluding diaryl/α,β-unsaturated/α-hetero) is 3. The van der Waals surface area contributed by atoms with E-state index in [4.69, 9.17) is 33.2 Å². The fourth-order valence-electron chi connectivity index (χ4n) is 13.2. The van der Waals surface area contributed by atoms with Crippen molar-refractivity contribution in [1.29, 1.82) is 0 Å². The molecule has 4 heterocycles. The molecule has 7 rings (SSSR count). The smallest absolute Gasteiger partial charge is 0.329 e. The van der Waals surface area contributed by atoms with Gasteiger partial charge in [0.2, 0.25) is 11.6 Å². The van der Waals surface area contributed by atoms with E-state index in [2.05, 4.69) is 0 Å². The summed E-state index contributed by atoms with van der Waals surface area (Å²) in [7, 11) is 3.14. The van der Waals surface area contributed by atoms with Crippen molar-refractivity contribution in [2.45, 2.75) is 187 Å². The van der Waals surface area contributed by atoms with Gasteiger partial charge in [0, 0.05) is 62.5 Å². The number of fused-ring (bicyclic) bond motifs is 3. The van der Waals surface area contributed by atoms with Crippen LogP contribution in [0.15, 0.2) is 108 Å². The second-order valence-electron chi connectivity index (χ2n) is 25.6. The van der Waals surface area contributed by atoms with Gasteiger partial charge >= 0.3 is 11.9 Å². The molecule has 3 N–H and O–H groups in total. The number of allylic oxidation sites excluding steroid dienone is 6. The van der Waals surface area contributed by atoms with Crippen LogP contribution in [0.4, 0.5) is 0 Å². The molecule has 0 aromatic heterocycles. The molecule has 0 unspecified atom stereocenters. The highest BCUT2D eigenvalue weighted by Crippen LogP contribution is 2.44. The molecule has 86 heavy (non-hydrogen) atoms. The van der Waals surface area contributed by atoms with Crippen LogP contribution in [-0.2, 0) is 67.7 Å². The van der Waals surface area contributed by atoms with E-state index in [1.54, 1.807) is 54.9 Å². The van der Waals surface area contributed by atoms with Gasteiger partial charge < -0.3 is 53.4 Å². The Morgan fingerprint density at radius 2 is 1.45 bits per heavy atom. The molecule has 1 aliphatic carbocycles. The second kappa shape index (κ2) is 30.6. The largest absolute Gasteiger partial charge is 0.460 e. The molecular formula is C69H95NO16. The minimum Gasteiger partial charge on any atom is -0.460 e. The number of rotatable bonds is 10. The quantitative estimate of drug-likeness (QED) is 0.114. The van der Waals surface area contributed by atoms with E-state index in [1.165, 1.54) is 4.90 Å². The lowest BCUT2D eigenvalue weighted by atomic mass is 9.78. The van der Waals surface area contributed by atoms with Gasteiger partial charge in [0.15, 0.2) is 0 Å². The Morgan fingerprint density at radius 3 is 2.08 bits per heavy atom. The normalized spacial score (nSPS) is 34.6.